The summed E-state index contributed by atoms with van der Waals surface area (Å²) in [7, 11) is 0. The number of benzene rings is 2. The molecule has 0 atom stereocenters. The van der Waals surface area contributed by atoms with Crippen LogP contribution in [-0.4, -0.2) is 32.7 Å². The zero-order valence-corrected chi connectivity index (χ0v) is 16.3. The maximum absolute atomic E-state index is 12.6. The second-order valence-electron chi connectivity index (χ2n) is 5.52. The average molecular weight is 436 g/mol. The van der Waals surface area contributed by atoms with Gasteiger partial charge in [-0.3, -0.25) is 14.5 Å². The number of aliphatic carboxylic acids is 1. The Balaban J connectivity index is 1.84. The minimum Gasteiger partial charge on any atom is -0.481 e. The van der Waals surface area contributed by atoms with Gasteiger partial charge in [0.1, 0.15) is 4.32 Å². The van der Waals surface area contributed by atoms with Gasteiger partial charge < -0.3 is 5.11 Å². The number of thiocarbonyl (C=S) groups is 1. The van der Waals surface area contributed by atoms with Crippen LogP contribution < -0.4 is 0 Å². The summed E-state index contributed by atoms with van der Waals surface area (Å²) in [6.45, 7) is 0.327. The van der Waals surface area contributed by atoms with Crippen LogP contribution in [0.4, 0.5) is 0 Å². The van der Waals surface area contributed by atoms with Crippen molar-refractivity contribution in [3.8, 4) is 0 Å². The zero-order chi connectivity index (χ0) is 18.0. The van der Waals surface area contributed by atoms with Crippen molar-refractivity contribution in [3.05, 3.63) is 51.3 Å². The molecule has 0 aromatic heterocycles. The fourth-order valence-electron chi connectivity index (χ4n) is 2.58. The molecule has 128 valence electrons. The number of nitrogens with zero attached hydrogens (tertiary/aromatic N) is 1. The summed E-state index contributed by atoms with van der Waals surface area (Å²) in [5, 5.41) is 10.9. The molecule has 25 heavy (non-hydrogen) atoms. The van der Waals surface area contributed by atoms with E-state index in [1.807, 2.05) is 42.5 Å². The predicted molar refractivity (Wildman–Crippen MR) is 108 cm³/mol. The predicted octanol–water partition coefficient (Wildman–Crippen LogP) is 4.67. The number of carboxylic acids is 1. The number of carboxylic acid groups (broad SMARTS) is 1. The summed E-state index contributed by atoms with van der Waals surface area (Å²) in [6, 6.07) is 12.0. The molecule has 0 saturated carbocycles. The van der Waals surface area contributed by atoms with E-state index in [0.29, 0.717) is 22.2 Å². The number of rotatable bonds is 5. The highest BCUT2D eigenvalue weighted by molar-refractivity contribution is 9.10. The molecule has 0 aliphatic carbocycles. The van der Waals surface area contributed by atoms with Crippen LogP contribution in [0.5, 0.6) is 0 Å². The molecule has 1 heterocycles. The van der Waals surface area contributed by atoms with Crippen molar-refractivity contribution in [2.24, 2.45) is 0 Å². The van der Waals surface area contributed by atoms with E-state index in [1.54, 1.807) is 0 Å². The van der Waals surface area contributed by atoms with Gasteiger partial charge in [-0.15, -0.1) is 0 Å². The van der Waals surface area contributed by atoms with Gasteiger partial charge in [0.15, 0.2) is 0 Å². The highest BCUT2D eigenvalue weighted by Gasteiger charge is 2.31. The van der Waals surface area contributed by atoms with Crippen molar-refractivity contribution in [2.45, 2.75) is 12.8 Å². The first-order chi connectivity index (χ1) is 12.0. The van der Waals surface area contributed by atoms with E-state index in [0.717, 1.165) is 20.8 Å². The Bertz CT molecular complexity index is 910. The molecule has 0 radical (unpaired) electrons. The molecule has 2 aromatic rings. The van der Waals surface area contributed by atoms with Gasteiger partial charge in [-0.25, -0.2) is 0 Å². The Morgan fingerprint density at radius 2 is 2.04 bits per heavy atom. The Morgan fingerprint density at radius 3 is 2.80 bits per heavy atom. The van der Waals surface area contributed by atoms with Gasteiger partial charge in [-0.05, 0) is 44.8 Å². The van der Waals surface area contributed by atoms with E-state index in [9.17, 15) is 9.59 Å². The summed E-state index contributed by atoms with van der Waals surface area (Å²) in [5.41, 5.74) is 0.907. The normalized spacial score (nSPS) is 16.2. The van der Waals surface area contributed by atoms with E-state index in [4.69, 9.17) is 17.3 Å². The SMILES string of the molecule is O=C(O)CCCN1C(=O)/C(=C/c2ccc3ccccc3c2Br)SC1=S. The fraction of sp³-hybridized carbons (Fsp3) is 0.167. The number of amides is 1. The van der Waals surface area contributed by atoms with Crippen LogP contribution >= 0.6 is 39.9 Å². The number of thioether (sulfide) groups is 1. The Kier molecular flexibility index (Phi) is 5.56. The lowest BCUT2D eigenvalue weighted by molar-refractivity contribution is -0.137. The van der Waals surface area contributed by atoms with Crippen LogP contribution in [0.25, 0.3) is 16.8 Å². The molecule has 0 bridgehead atoms. The van der Waals surface area contributed by atoms with Gasteiger partial charge >= 0.3 is 5.97 Å². The van der Waals surface area contributed by atoms with Crippen molar-refractivity contribution in [3.63, 3.8) is 0 Å². The number of hydrogen-bond donors (Lipinski definition) is 1. The molecule has 0 spiro atoms. The lowest BCUT2D eigenvalue weighted by atomic mass is 10.1. The van der Waals surface area contributed by atoms with Gasteiger partial charge in [0, 0.05) is 17.4 Å². The maximum Gasteiger partial charge on any atom is 0.303 e. The number of halogens is 1. The molecule has 4 nitrogen and oxygen atoms in total. The van der Waals surface area contributed by atoms with Gasteiger partial charge in [-0.2, -0.15) is 0 Å². The van der Waals surface area contributed by atoms with Crippen molar-refractivity contribution in [1.82, 2.24) is 4.90 Å². The van der Waals surface area contributed by atoms with Crippen LogP contribution in [0.3, 0.4) is 0 Å². The molecule has 1 amide bonds. The van der Waals surface area contributed by atoms with Crippen molar-refractivity contribution < 1.29 is 14.7 Å². The summed E-state index contributed by atoms with van der Waals surface area (Å²) in [5.74, 6) is -1.04. The lowest BCUT2D eigenvalue weighted by Gasteiger charge is -2.13. The topological polar surface area (TPSA) is 57.6 Å². The van der Waals surface area contributed by atoms with Crippen LogP contribution in [-0.2, 0) is 9.59 Å². The molecular formula is C18H14BrNO3S2. The molecule has 2 aromatic carbocycles. The Hall–Kier alpha value is -1.70. The summed E-state index contributed by atoms with van der Waals surface area (Å²) in [4.78, 5) is 25.2. The lowest BCUT2D eigenvalue weighted by Crippen LogP contribution is -2.29. The van der Waals surface area contributed by atoms with E-state index >= 15 is 0 Å². The Labute approximate surface area is 163 Å². The van der Waals surface area contributed by atoms with E-state index in [1.165, 1.54) is 16.7 Å². The number of carbonyl (C=O) groups excluding carboxylic acids is 1. The second kappa shape index (κ2) is 7.68. The molecule has 7 heteroatoms. The van der Waals surface area contributed by atoms with Gasteiger partial charge in [0.25, 0.3) is 5.91 Å². The van der Waals surface area contributed by atoms with Crippen LogP contribution in [0.1, 0.15) is 18.4 Å². The average Bonchev–Trinajstić information content (AvgIpc) is 2.85. The van der Waals surface area contributed by atoms with E-state index < -0.39 is 5.97 Å². The summed E-state index contributed by atoms with van der Waals surface area (Å²) in [6.07, 6.45) is 2.23. The van der Waals surface area contributed by atoms with Gasteiger partial charge in [-0.1, -0.05) is 60.4 Å². The summed E-state index contributed by atoms with van der Waals surface area (Å²) >= 11 is 10.1. The minimum atomic E-state index is -0.874. The standard InChI is InChI=1S/C18H14BrNO3S2/c19-16-12(8-7-11-4-1-2-5-13(11)16)10-14-17(23)20(18(24)25-14)9-3-6-15(21)22/h1-2,4-5,7-8,10H,3,6,9H2,(H,21,22)/b14-10-. The monoisotopic (exact) mass is 435 g/mol. The van der Waals surface area contributed by atoms with E-state index in [-0.39, 0.29) is 12.3 Å². The van der Waals surface area contributed by atoms with Crippen molar-refractivity contribution in [2.75, 3.05) is 6.54 Å². The largest absolute Gasteiger partial charge is 0.481 e. The molecule has 1 saturated heterocycles. The first-order valence-corrected chi connectivity index (χ1v) is 9.63. The second-order valence-corrected chi connectivity index (χ2v) is 7.99. The minimum absolute atomic E-state index is 0.0202. The third-order valence-electron chi connectivity index (χ3n) is 3.83. The molecule has 0 unspecified atom stereocenters. The van der Waals surface area contributed by atoms with E-state index in [2.05, 4.69) is 15.9 Å². The summed E-state index contributed by atoms with van der Waals surface area (Å²) < 4.78 is 1.40. The van der Waals surface area contributed by atoms with Crippen LogP contribution in [0, 0.1) is 0 Å². The van der Waals surface area contributed by atoms with Crippen LogP contribution in [0.15, 0.2) is 45.8 Å². The fourth-order valence-corrected chi connectivity index (χ4v) is 4.49. The van der Waals surface area contributed by atoms with Gasteiger partial charge in [0.05, 0.1) is 4.91 Å². The smallest absolute Gasteiger partial charge is 0.303 e. The molecule has 1 fully saturated rings. The number of carbonyl (C=O) groups is 2. The zero-order valence-electron chi connectivity index (χ0n) is 13.1. The highest BCUT2D eigenvalue weighted by atomic mass is 79.9. The molecule has 1 aliphatic rings. The quantitative estimate of drug-likeness (QED) is 0.546. The van der Waals surface area contributed by atoms with Crippen molar-refractivity contribution in [1.29, 1.82) is 0 Å². The maximum atomic E-state index is 12.6. The van der Waals surface area contributed by atoms with Gasteiger partial charge in [0.2, 0.25) is 0 Å². The number of fused-ring (bicyclic) bond motifs is 1. The number of hydrogen-bond acceptors (Lipinski definition) is 4. The third kappa shape index (κ3) is 3.94. The first-order valence-electron chi connectivity index (χ1n) is 7.62. The molecule has 1 aliphatic heterocycles. The molecule has 1 N–H and O–H groups in total. The first kappa shape index (κ1) is 18.1. The Morgan fingerprint density at radius 1 is 1.28 bits per heavy atom. The molecular weight excluding hydrogens is 422 g/mol. The van der Waals surface area contributed by atoms with Crippen molar-refractivity contribution >= 4 is 73.0 Å². The third-order valence-corrected chi connectivity index (χ3v) is 6.09. The van der Waals surface area contributed by atoms with Crippen LogP contribution in [0.2, 0.25) is 0 Å². The molecule has 3 rings (SSSR count). The highest BCUT2D eigenvalue weighted by Crippen LogP contribution is 2.35.